The van der Waals surface area contributed by atoms with E-state index in [4.69, 9.17) is 0 Å². The number of rotatable bonds is 4. The molecule has 1 spiro atoms. The van der Waals surface area contributed by atoms with Gasteiger partial charge in [-0.3, -0.25) is 4.79 Å². The van der Waals surface area contributed by atoms with Gasteiger partial charge in [0, 0.05) is 25.2 Å². The number of nitrogens with zero attached hydrogens (tertiary/aromatic N) is 2. The summed E-state index contributed by atoms with van der Waals surface area (Å²) in [6.07, 6.45) is 6.81. The number of aryl methyl sites for hydroxylation is 1. The lowest BCUT2D eigenvalue weighted by molar-refractivity contribution is 0.0524. The maximum absolute atomic E-state index is 12.9. The number of carbonyl (C=O) groups is 1. The van der Waals surface area contributed by atoms with E-state index in [9.17, 15) is 13.2 Å². The van der Waals surface area contributed by atoms with Crippen molar-refractivity contribution in [2.45, 2.75) is 51.0 Å². The SMILES string of the molecule is CCCc1ccc(C(=O)N2CCC[C@@]3(CCCN3S(C)(=O)=O)C2)cc1. The summed E-state index contributed by atoms with van der Waals surface area (Å²) in [5.74, 6) is 0.0162. The van der Waals surface area contributed by atoms with E-state index in [2.05, 4.69) is 6.92 Å². The van der Waals surface area contributed by atoms with Crippen molar-refractivity contribution in [2.24, 2.45) is 0 Å². The maximum atomic E-state index is 12.9. The lowest BCUT2D eigenvalue weighted by atomic mass is 9.87. The molecule has 2 saturated heterocycles. The number of benzene rings is 1. The van der Waals surface area contributed by atoms with Crippen LogP contribution in [-0.4, -0.2) is 55.0 Å². The number of likely N-dealkylation sites (tertiary alicyclic amines) is 1. The zero-order valence-corrected chi connectivity index (χ0v) is 16.0. The Morgan fingerprint density at radius 2 is 1.76 bits per heavy atom. The molecule has 6 heteroatoms. The summed E-state index contributed by atoms with van der Waals surface area (Å²) >= 11 is 0. The highest BCUT2D eigenvalue weighted by Gasteiger charge is 2.48. The molecular weight excluding hydrogens is 336 g/mol. The smallest absolute Gasteiger partial charge is 0.253 e. The van der Waals surface area contributed by atoms with Crippen molar-refractivity contribution in [3.05, 3.63) is 35.4 Å². The Hall–Kier alpha value is -1.40. The molecule has 25 heavy (non-hydrogen) atoms. The van der Waals surface area contributed by atoms with Crippen molar-refractivity contribution in [2.75, 3.05) is 25.9 Å². The minimum absolute atomic E-state index is 0.0162. The molecule has 5 nitrogen and oxygen atoms in total. The van der Waals surface area contributed by atoms with Gasteiger partial charge >= 0.3 is 0 Å². The Labute approximate surface area is 151 Å². The molecule has 1 amide bonds. The molecule has 1 aromatic rings. The van der Waals surface area contributed by atoms with Crippen LogP contribution in [0.2, 0.25) is 0 Å². The van der Waals surface area contributed by atoms with Gasteiger partial charge in [0.25, 0.3) is 5.91 Å². The van der Waals surface area contributed by atoms with Crippen molar-refractivity contribution in [1.29, 1.82) is 0 Å². The van der Waals surface area contributed by atoms with Crippen LogP contribution in [0.5, 0.6) is 0 Å². The van der Waals surface area contributed by atoms with Crippen LogP contribution in [-0.2, 0) is 16.4 Å². The van der Waals surface area contributed by atoms with E-state index >= 15 is 0 Å². The molecule has 138 valence electrons. The van der Waals surface area contributed by atoms with E-state index in [-0.39, 0.29) is 5.91 Å². The Bertz CT molecular complexity index is 730. The first kappa shape index (κ1) is 18.4. The van der Waals surface area contributed by atoms with Crippen LogP contribution in [0.1, 0.15) is 54.9 Å². The van der Waals surface area contributed by atoms with E-state index in [0.717, 1.165) is 38.5 Å². The van der Waals surface area contributed by atoms with Crippen molar-refractivity contribution < 1.29 is 13.2 Å². The van der Waals surface area contributed by atoms with Gasteiger partial charge in [-0.1, -0.05) is 25.5 Å². The van der Waals surface area contributed by atoms with Gasteiger partial charge in [-0.2, -0.15) is 4.31 Å². The monoisotopic (exact) mass is 364 g/mol. The van der Waals surface area contributed by atoms with Crippen molar-refractivity contribution in [3.63, 3.8) is 0 Å². The minimum Gasteiger partial charge on any atom is -0.337 e. The highest BCUT2D eigenvalue weighted by atomic mass is 32.2. The molecule has 3 rings (SSSR count). The highest BCUT2D eigenvalue weighted by molar-refractivity contribution is 7.88. The molecule has 1 aromatic carbocycles. The predicted molar refractivity (Wildman–Crippen MR) is 99.1 cm³/mol. The quantitative estimate of drug-likeness (QED) is 0.825. The van der Waals surface area contributed by atoms with Crippen LogP contribution in [0.25, 0.3) is 0 Å². The van der Waals surface area contributed by atoms with Crippen molar-refractivity contribution in [1.82, 2.24) is 9.21 Å². The number of hydrogen-bond donors (Lipinski definition) is 0. The zero-order chi connectivity index (χ0) is 18.1. The number of sulfonamides is 1. The summed E-state index contributed by atoms with van der Waals surface area (Å²) in [5.41, 5.74) is 1.54. The van der Waals surface area contributed by atoms with Gasteiger partial charge in [-0.25, -0.2) is 8.42 Å². The van der Waals surface area contributed by atoms with Crippen molar-refractivity contribution in [3.8, 4) is 0 Å². The summed E-state index contributed by atoms with van der Waals surface area (Å²) in [7, 11) is -3.24. The Morgan fingerprint density at radius 3 is 2.36 bits per heavy atom. The molecule has 2 heterocycles. The van der Waals surface area contributed by atoms with Crippen LogP contribution < -0.4 is 0 Å². The first-order valence-electron chi connectivity index (χ1n) is 9.22. The molecule has 2 aliphatic rings. The second-order valence-electron chi connectivity index (χ2n) is 7.44. The van der Waals surface area contributed by atoms with Crippen LogP contribution in [0, 0.1) is 0 Å². The fourth-order valence-corrected chi connectivity index (χ4v) is 5.81. The number of carbonyl (C=O) groups excluding carboxylic acids is 1. The summed E-state index contributed by atoms with van der Waals surface area (Å²) < 4.78 is 26.0. The lowest BCUT2D eigenvalue weighted by Crippen LogP contribution is -2.58. The fourth-order valence-electron chi connectivity index (χ4n) is 4.41. The van der Waals surface area contributed by atoms with Gasteiger partial charge in [0.05, 0.1) is 11.8 Å². The summed E-state index contributed by atoms with van der Waals surface area (Å²) in [4.78, 5) is 14.8. The average molecular weight is 365 g/mol. The van der Waals surface area contributed by atoms with E-state index in [1.54, 1.807) is 4.31 Å². The standard InChI is InChI=1S/C19H28N2O3S/c1-3-6-16-7-9-17(10-8-16)18(22)20-13-4-11-19(15-20)12-5-14-21(19)25(2,23)24/h7-10H,3-6,11-15H2,1-2H3/t19-/m1/s1. The molecule has 0 aromatic heterocycles. The normalized spacial score (nSPS) is 24.8. The van der Waals surface area contributed by atoms with Gasteiger partial charge in [0.2, 0.25) is 10.0 Å². The summed E-state index contributed by atoms with van der Waals surface area (Å²) in [6, 6.07) is 7.85. The van der Waals surface area contributed by atoms with Crippen LogP contribution in [0.4, 0.5) is 0 Å². The van der Waals surface area contributed by atoms with E-state index in [1.807, 2.05) is 29.2 Å². The molecule has 0 bridgehead atoms. The molecular formula is C19H28N2O3S. The second-order valence-corrected chi connectivity index (χ2v) is 9.35. The van der Waals surface area contributed by atoms with Crippen LogP contribution in [0.15, 0.2) is 24.3 Å². The summed E-state index contributed by atoms with van der Waals surface area (Å²) in [5, 5.41) is 0. The maximum Gasteiger partial charge on any atom is 0.253 e. The van der Waals surface area contributed by atoms with Gasteiger partial charge in [-0.15, -0.1) is 0 Å². The minimum atomic E-state index is -3.24. The predicted octanol–water partition coefficient (Wildman–Crippen LogP) is 2.67. The molecule has 2 fully saturated rings. The van der Waals surface area contributed by atoms with E-state index < -0.39 is 15.6 Å². The van der Waals surface area contributed by atoms with E-state index in [0.29, 0.717) is 25.2 Å². The Morgan fingerprint density at radius 1 is 1.12 bits per heavy atom. The molecule has 0 aliphatic carbocycles. The molecule has 0 radical (unpaired) electrons. The molecule has 0 N–H and O–H groups in total. The van der Waals surface area contributed by atoms with Crippen molar-refractivity contribution >= 4 is 15.9 Å². The molecule has 2 aliphatic heterocycles. The third-order valence-electron chi connectivity index (χ3n) is 5.51. The topological polar surface area (TPSA) is 57.7 Å². The number of piperidine rings is 1. The third kappa shape index (κ3) is 3.75. The van der Waals surface area contributed by atoms with Gasteiger partial charge in [-0.05, 0) is 49.8 Å². The first-order valence-corrected chi connectivity index (χ1v) is 11.1. The Balaban J connectivity index is 1.78. The number of amides is 1. The van der Waals surface area contributed by atoms with Crippen LogP contribution in [0.3, 0.4) is 0 Å². The van der Waals surface area contributed by atoms with Gasteiger partial charge in [0.15, 0.2) is 0 Å². The largest absolute Gasteiger partial charge is 0.337 e. The third-order valence-corrected chi connectivity index (χ3v) is 6.89. The molecule has 0 unspecified atom stereocenters. The second kappa shape index (κ2) is 7.08. The van der Waals surface area contributed by atoms with Gasteiger partial charge in [0.1, 0.15) is 0 Å². The molecule has 1 atom stereocenters. The Kier molecular flexibility index (Phi) is 5.21. The number of hydrogen-bond acceptors (Lipinski definition) is 3. The highest BCUT2D eigenvalue weighted by Crippen LogP contribution is 2.39. The average Bonchev–Trinajstić information content (AvgIpc) is 2.98. The van der Waals surface area contributed by atoms with Crippen LogP contribution >= 0.6 is 0 Å². The van der Waals surface area contributed by atoms with Gasteiger partial charge < -0.3 is 4.90 Å². The summed E-state index contributed by atoms with van der Waals surface area (Å²) in [6.45, 7) is 3.93. The first-order chi connectivity index (χ1) is 11.9. The fraction of sp³-hybridized carbons (Fsp3) is 0.632. The molecule has 0 saturated carbocycles. The lowest BCUT2D eigenvalue weighted by Gasteiger charge is -2.44. The zero-order valence-electron chi connectivity index (χ0n) is 15.2. The van der Waals surface area contributed by atoms with E-state index in [1.165, 1.54) is 11.8 Å².